The van der Waals surface area contributed by atoms with Crippen LogP contribution in [0.15, 0.2) is 0 Å². The molecule has 0 bridgehead atoms. The first-order chi connectivity index (χ1) is 9.75. The number of rotatable bonds is 3. The van der Waals surface area contributed by atoms with Crippen LogP contribution in [0.25, 0.3) is 0 Å². The maximum Gasteiger partial charge on any atom is 0.227 e. The van der Waals surface area contributed by atoms with E-state index in [0.717, 1.165) is 38.6 Å². The molecule has 4 nitrogen and oxygen atoms in total. The maximum atomic E-state index is 12.8. The van der Waals surface area contributed by atoms with Crippen molar-refractivity contribution in [3.8, 4) is 0 Å². The molecule has 3 aliphatic rings. The summed E-state index contributed by atoms with van der Waals surface area (Å²) in [5.41, 5.74) is 5.71. The molecule has 2 saturated heterocycles. The van der Waals surface area contributed by atoms with Crippen LogP contribution in [0.1, 0.15) is 57.8 Å². The van der Waals surface area contributed by atoms with Gasteiger partial charge in [0.15, 0.2) is 0 Å². The van der Waals surface area contributed by atoms with E-state index in [0.29, 0.717) is 18.6 Å². The first-order valence-corrected chi connectivity index (χ1v) is 8.50. The van der Waals surface area contributed by atoms with Crippen LogP contribution >= 0.6 is 0 Å². The SMILES string of the molecule is NCC1(C(=O)NC2CCN3CCCCC23)CCCCC1. The van der Waals surface area contributed by atoms with Crippen molar-refractivity contribution in [2.45, 2.75) is 69.9 Å². The Morgan fingerprint density at radius 2 is 1.90 bits per heavy atom. The normalized spacial score (nSPS) is 33.6. The number of nitrogens with two attached hydrogens (primary N) is 1. The number of carbonyl (C=O) groups is 1. The van der Waals surface area contributed by atoms with Crippen molar-refractivity contribution in [2.75, 3.05) is 19.6 Å². The lowest BCUT2D eigenvalue weighted by Crippen LogP contribution is -2.53. The fourth-order valence-corrected chi connectivity index (χ4v) is 4.49. The molecule has 1 saturated carbocycles. The lowest BCUT2D eigenvalue weighted by Gasteiger charge is -2.38. The van der Waals surface area contributed by atoms with Gasteiger partial charge in [-0.15, -0.1) is 0 Å². The van der Waals surface area contributed by atoms with Crippen molar-refractivity contribution >= 4 is 5.91 Å². The van der Waals surface area contributed by atoms with Crippen LogP contribution in [-0.4, -0.2) is 42.5 Å². The molecule has 1 aliphatic carbocycles. The Labute approximate surface area is 122 Å². The van der Waals surface area contributed by atoms with Gasteiger partial charge in [-0.2, -0.15) is 0 Å². The second-order valence-electron chi connectivity index (χ2n) is 7.01. The van der Waals surface area contributed by atoms with Crippen LogP contribution in [0.2, 0.25) is 0 Å². The number of hydrogen-bond acceptors (Lipinski definition) is 3. The van der Waals surface area contributed by atoms with E-state index in [9.17, 15) is 4.79 Å². The second-order valence-corrected chi connectivity index (χ2v) is 7.01. The molecule has 2 aliphatic heterocycles. The van der Waals surface area contributed by atoms with Crippen molar-refractivity contribution < 1.29 is 4.79 Å². The minimum Gasteiger partial charge on any atom is -0.351 e. The van der Waals surface area contributed by atoms with Gasteiger partial charge in [0.2, 0.25) is 5.91 Å². The molecule has 0 spiro atoms. The predicted molar refractivity (Wildman–Crippen MR) is 80.3 cm³/mol. The zero-order valence-electron chi connectivity index (χ0n) is 12.6. The molecule has 114 valence electrons. The molecule has 0 aromatic heterocycles. The number of piperidine rings is 1. The highest BCUT2D eigenvalue weighted by atomic mass is 16.2. The van der Waals surface area contributed by atoms with Gasteiger partial charge >= 0.3 is 0 Å². The third-order valence-electron chi connectivity index (χ3n) is 5.86. The Balaban J connectivity index is 1.63. The van der Waals surface area contributed by atoms with Gasteiger partial charge in [-0.25, -0.2) is 0 Å². The average molecular weight is 279 g/mol. The molecule has 20 heavy (non-hydrogen) atoms. The first-order valence-electron chi connectivity index (χ1n) is 8.50. The molecule has 1 amide bonds. The Hall–Kier alpha value is -0.610. The highest BCUT2D eigenvalue weighted by Crippen LogP contribution is 2.36. The predicted octanol–water partition coefficient (Wildman–Crippen LogP) is 1.64. The van der Waals surface area contributed by atoms with Crippen LogP contribution in [0.3, 0.4) is 0 Å². The van der Waals surface area contributed by atoms with Gasteiger partial charge in [0, 0.05) is 25.2 Å². The summed E-state index contributed by atoms with van der Waals surface area (Å²) in [5, 5.41) is 3.38. The third-order valence-corrected chi connectivity index (χ3v) is 5.86. The van der Waals surface area contributed by atoms with Crippen LogP contribution in [0, 0.1) is 5.41 Å². The van der Waals surface area contributed by atoms with Crippen LogP contribution in [0.4, 0.5) is 0 Å². The zero-order chi connectivity index (χ0) is 14.0. The van der Waals surface area contributed by atoms with E-state index >= 15 is 0 Å². The summed E-state index contributed by atoms with van der Waals surface area (Å²) in [7, 11) is 0. The molecule has 3 fully saturated rings. The molecule has 3 N–H and O–H groups in total. The van der Waals surface area contributed by atoms with Gasteiger partial charge in [-0.1, -0.05) is 25.7 Å². The van der Waals surface area contributed by atoms with Gasteiger partial charge in [-0.3, -0.25) is 9.69 Å². The lowest BCUT2D eigenvalue weighted by molar-refractivity contribution is -0.133. The summed E-state index contributed by atoms with van der Waals surface area (Å²) in [4.78, 5) is 15.3. The van der Waals surface area contributed by atoms with E-state index in [2.05, 4.69) is 10.2 Å². The Morgan fingerprint density at radius 1 is 1.10 bits per heavy atom. The smallest absolute Gasteiger partial charge is 0.227 e. The van der Waals surface area contributed by atoms with Gasteiger partial charge in [0.05, 0.1) is 5.41 Å². The highest BCUT2D eigenvalue weighted by Gasteiger charge is 2.42. The second kappa shape index (κ2) is 6.02. The summed E-state index contributed by atoms with van der Waals surface area (Å²) in [6.07, 6.45) is 10.6. The largest absolute Gasteiger partial charge is 0.351 e. The van der Waals surface area contributed by atoms with Gasteiger partial charge < -0.3 is 11.1 Å². The number of carbonyl (C=O) groups excluding carboxylic acids is 1. The molecule has 0 aromatic carbocycles. The summed E-state index contributed by atoms with van der Waals surface area (Å²) in [5.74, 6) is 0.247. The molecule has 2 heterocycles. The van der Waals surface area contributed by atoms with Gasteiger partial charge in [0.25, 0.3) is 0 Å². The maximum absolute atomic E-state index is 12.8. The van der Waals surface area contributed by atoms with E-state index in [1.165, 1.54) is 32.2 Å². The minimum atomic E-state index is -0.264. The van der Waals surface area contributed by atoms with E-state index in [1.54, 1.807) is 0 Å². The van der Waals surface area contributed by atoms with Gasteiger partial charge in [-0.05, 0) is 38.6 Å². The summed E-state index contributed by atoms with van der Waals surface area (Å²) < 4.78 is 0. The quantitative estimate of drug-likeness (QED) is 0.825. The Bertz CT molecular complexity index is 352. The molecule has 0 radical (unpaired) electrons. The topological polar surface area (TPSA) is 58.4 Å². The van der Waals surface area contributed by atoms with Crippen LogP contribution in [0.5, 0.6) is 0 Å². The first kappa shape index (κ1) is 14.3. The number of fused-ring (bicyclic) bond motifs is 1. The number of nitrogens with one attached hydrogen (secondary N) is 1. The van der Waals surface area contributed by atoms with Crippen molar-refractivity contribution in [3.05, 3.63) is 0 Å². The highest BCUT2D eigenvalue weighted by molar-refractivity contribution is 5.83. The number of amides is 1. The van der Waals surface area contributed by atoms with E-state index < -0.39 is 0 Å². The molecular weight excluding hydrogens is 250 g/mol. The fraction of sp³-hybridized carbons (Fsp3) is 0.938. The molecular formula is C16H29N3O. The van der Waals surface area contributed by atoms with Crippen molar-refractivity contribution in [1.82, 2.24) is 10.2 Å². The van der Waals surface area contributed by atoms with Crippen molar-refractivity contribution in [1.29, 1.82) is 0 Å². The molecule has 4 heteroatoms. The minimum absolute atomic E-state index is 0.247. The molecule has 3 rings (SSSR count). The van der Waals surface area contributed by atoms with Crippen molar-refractivity contribution in [2.24, 2.45) is 11.1 Å². The molecule has 2 unspecified atom stereocenters. The standard InChI is InChI=1S/C16H29N3O/c17-12-16(8-3-1-4-9-16)15(20)18-13-7-11-19-10-5-2-6-14(13)19/h13-14H,1-12,17H2,(H,18,20). The summed E-state index contributed by atoms with van der Waals surface area (Å²) in [6.45, 7) is 2.89. The Kier molecular flexibility index (Phi) is 4.32. The van der Waals surface area contributed by atoms with Gasteiger partial charge in [0.1, 0.15) is 0 Å². The summed E-state index contributed by atoms with van der Waals surface area (Å²) >= 11 is 0. The van der Waals surface area contributed by atoms with E-state index in [4.69, 9.17) is 5.73 Å². The fourth-order valence-electron chi connectivity index (χ4n) is 4.49. The van der Waals surface area contributed by atoms with Crippen LogP contribution in [-0.2, 0) is 4.79 Å². The van der Waals surface area contributed by atoms with Crippen LogP contribution < -0.4 is 11.1 Å². The zero-order valence-corrected chi connectivity index (χ0v) is 12.6. The third kappa shape index (κ3) is 2.60. The summed E-state index contributed by atoms with van der Waals surface area (Å²) in [6, 6.07) is 0.958. The van der Waals surface area contributed by atoms with E-state index in [1.807, 2.05) is 0 Å². The van der Waals surface area contributed by atoms with E-state index in [-0.39, 0.29) is 11.3 Å². The monoisotopic (exact) mass is 279 g/mol. The average Bonchev–Trinajstić information content (AvgIpc) is 2.91. The number of hydrogen-bond donors (Lipinski definition) is 2. The van der Waals surface area contributed by atoms with Crippen molar-refractivity contribution in [3.63, 3.8) is 0 Å². The Morgan fingerprint density at radius 3 is 2.65 bits per heavy atom. The molecule has 0 aromatic rings. The number of nitrogens with zero attached hydrogens (tertiary/aromatic N) is 1. The lowest BCUT2D eigenvalue weighted by atomic mass is 9.73. The molecule has 2 atom stereocenters.